The second kappa shape index (κ2) is 6.89. The van der Waals surface area contributed by atoms with E-state index in [1.165, 1.54) is 19.2 Å². The third-order valence-corrected chi connectivity index (χ3v) is 5.78. The number of sulfonamides is 1. The van der Waals surface area contributed by atoms with Crippen molar-refractivity contribution in [2.45, 2.75) is 24.2 Å². The molecule has 1 atom stereocenters. The zero-order chi connectivity index (χ0) is 19.8. The molecule has 1 N–H and O–H groups in total. The number of H-pyrrole nitrogens is 1. The first-order valence-electron chi connectivity index (χ1n) is 7.78. The summed E-state index contributed by atoms with van der Waals surface area (Å²) in [5, 5.41) is 5.76. The Labute approximate surface area is 151 Å². The Morgan fingerprint density at radius 2 is 1.81 bits per heavy atom. The van der Waals surface area contributed by atoms with E-state index in [1.54, 1.807) is 0 Å². The minimum Gasteiger partial charge on any atom is -0.276 e. The maximum absolute atomic E-state index is 13.8. The van der Waals surface area contributed by atoms with Gasteiger partial charge in [-0.05, 0) is 29.8 Å². The Morgan fingerprint density at radius 3 is 2.41 bits per heavy atom. The first kappa shape index (κ1) is 19.2. The van der Waals surface area contributed by atoms with Crippen molar-refractivity contribution in [3.05, 3.63) is 54.0 Å². The van der Waals surface area contributed by atoms with E-state index in [2.05, 4.69) is 15.2 Å². The summed E-state index contributed by atoms with van der Waals surface area (Å²) < 4.78 is 80.5. The molecule has 0 radical (unpaired) electrons. The summed E-state index contributed by atoms with van der Waals surface area (Å²) in [4.78, 5) is 3.90. The first-order chi connectivity index (χ1) is 12.6. The topological polar surface area (TPSA) is 79.0 Å². The van der Waals surface area contributed by atoms with Crippen LogP contribution in [0.4, 0.5) is 17.6 Å². The van der Waals surface area contributed by atoms with Gasteiger partial charge < -0.3 is 0 Å². The van der Waals surface area contributed by atoms with Gasteiger partial charge in [0.2, 0.25) is 0 Å². The number of halogens is 4. The second-order valence-electron chi connectivity index (χ2n) is 5.66. The SMILES string of the molecule is CCN([C@H](c1ccc(F)cc1)C(F)(F)F)S(=O)(=O)c1ccc2[nH]ncc2n1. The zero-order valence-corrected chi connectivity index (χ0v) is 14.7. The number of aromatic amines is 1. The highest BCUT2D eigenvalue weighted by Crippen LogP contribution is 2.40. The van der Waals surface area contributed by atoms with Gasteiger partial charge in [0, 0.05) is 6.54 Å². The van der Waals surface area contributed by atoms with Gasteiger partial charge in [0.1, 0.15) is 17.4 Å². The maximum Gasteiger partial charge on any atom is 0.409 e. The van der Waals surface area contributed by atoms with Crippen LogP contribution in [0.3, 0.4) is 0 Å². The van der Waals surface area contributed by atoms with E-state index in [9.17, 15) is 26.0 Å². The van der Waals surface area contributed by atoms with Gasteiger partial charge in [-0.1, -0.05) is 19.1 Å². The zero-order valence-electron chi connectivity index (χ0n) is 13.9. The first-order valence-corrected chi connectivity index (χ1v) is 9.22. The number of nitrogens with zero attached hydrogens (tertiary/aromatic N) is 3. The fourth-order valence-electron chi connectivity index (χ4n) is 2.73. The van der Waals surface area contributed by atoms with Gasteiger partial charge in [0.05, 0.1) is 11.7 Å². The molecule has 6 nitrogen and oxygen atoms in total. The maximum atomic E-state index is 13.8. The highest BCUT2D eigenvalue weighted by atomic mass is 32.2. The summed E-state index contributed by atoms with van der Waals surface area (Å²) >= 11 is 0. The summed E-state index contributed by atoms with van der Waals surface area (Å²) in [5.74, 6) is -0.724. The number of hydrogen-bond donors (Lipinski definition) is 1. The van der Waals surface area contributed by atoms with Crippen molar-refractivity contribution in [1.82, 2.24) is 19.5 Å². The lowest BCUT2D eigenvalue weighted by molar-refractivity contribution is -0.173. The molecule has 0 aliphatic carbocycles. The molecule has 0 aliphatic rings. The largest absolute Gasteiger partial charge is 0.409 e. The Kier molecular flexibility index (Phi) is 4.91. The number of rotatable bonds is 5. The molecule has 0 fully saturated rings. The van der Waals surface area contributed by atoms with Gasteiger partial charge in [0.15, 0.2) is 5.03 Å². The molecule has 2 heterocycles. The predicted molar refractivity (Wildman–Crippen MR) is 88.7 cm³/mol. The number of benzene rings is 1. The molecule has 144 valence electrons. The smallest absolute Gasteiger partial charge is 0.276 e. The van der Waals surface area contributed by atoms with E-state index in [0.29, 0.717) is 9.82 Å². The van der Waals surface area contributed by atoms with E-state index in [-0.39, 0.29) is 5.52 Å². The van der Waals surface area contributed by atoms with Crippen LogP contribution in [-0.4, -0.2) is 40.6 Å². The number of hydrogen-bond acceptors (Lipinski definition) is 4. The Hall–Kier alpha value is -2.53. The fraction of sp³-hybridized carbons (Fsp3) is 0.250. The van der Waals surface area contributed by atoms with Crippen LogP contribution in [0.25, 0.3) is 11.0 Å². The monoisotopic (exact) mass is 402 g/mol. The summed E-state index contributed by atoms with van der Waals surface area (Å²) in [6.45, 7) is 0.825. The molecule has 0 spiro atoms. The lowest BCUT2D eigenvalue weighted by Crippen LogP contribution is -2.42. The van der Waals surface area contributed by atoms with Gasteiger partial charge >= 0.3 is 6.18 Å². The van der Waals surface area contributed by atoms with Crippen molar-refractivity contribution in [3.63, 3.8) is 0 Å². The quantitative estimate of drug-likeness (QED) is 0.664. The molecule has 2 aromatic heterocycles. The standard InChI is InChI=1S/C16H14F4N4O2S/c1-2-24(15(16(18,19)20)10-3-5-11(17)6-4-10)27(25,26)14-8-7-12-13(22-14)9-21-23-12/h3-9,15H,2H2,1H3,(H,21,23)/t15-/m1/s1. The fourth-order valence-corrected chi connectivity index (χ4v) is 4.28. The van der Waals surface area contributed by atoms with Gasteiger partial charge in [-0.25, -0.2) is 17.8 Å². The highest BCUT2D eigenvalue weighted by molar-refractivity contribution is 7.89. The van der Waals surface area contributed by atoms with Crippen molar-refractivity contribution < 1.29 is 26.0 Å². The summed E-state index contributed by atoms with van der Waals surface area (Å²) in [6.07, 6.45) is -3.65. The highest BCUT2D eigenvalue weighted by Gasteiger charge is 2.49. The van der Waals surface area contributed by atoms with Gasteiger partial charge in [-0.2, -0.15) is 22.6 Å². The lowest BCUT2D eigenvalue weighted by atomic mass is 10.1. The van der Waals surface area contributed by atoms with Crippen LogP contribution in [0, 0.1) is 5.82 Å². The van der Waals surface area contributed by atoms with Crippen molar-refractivity contribution in [2.24, 2.45) is 0 Å². The molecule has 0 saturated heterocycles. The minimum atomic E-state index is -4.92. The van der Waals surface area contributed by atoms with Crippen LogP contribution in [0.5, 0.6) is 0 Å². The van der Waals surface area contributed by atoms with Crippen LogP contribution in [-0.2, 0) is 10.0 Å². The number of nitrogens with one attached hydrogen (secondary N) is 1. The van der Waals surface area contributed by atoms with E-state index in [1.807, 2.05) is 0 Å². The average Bonchev–Trinajstić information content (AvgIpc) is 3.07. The molecule has 0 unspecified atom stereocenters. The van der Waals surface area contributed by atoms with Crippen molar-refractivity contribution >= 4 is 21.1 Å². The Bertz CT molecular complexity index is 1050. The molecule has 3 aromatic rings. The molecule has 0 aliphatic heterocycles. The molecule has 0 bridgehead atoms. The van der Waals surface area contributed by atoms with Crippen molar-refractivity contribution in [3.8, 4) is 0 Å². The van der Waals surface area contributed by atoms with Gasteiger partial charge in [0.25, 0.3) is 10.0 Å². The number of fused-ring (bicyclic) bond motifs is 1. The Morgan fingerprint density at radius 1 is 1.15 bits per heavy atom. The van der Waals surface area contributed by atoms with Gasteiger partial charge in [-0.3, -0.25) is 5.10 Å². The molecule has 1 aromatic carbocycles. The van der Waals surface area contributed by atoms with Crippen LogP contribution in [0.15, 0.2) is 47.6 Å². The van der Waals surface area contributed by atoms with E-state index >= 15 is 0 Å². The Balaban J connectivity index is 2.11. The minimum absolute atomic E-state index is 0.206. The number of aromatic nitrogens is 3. The summed E-state index contributed by atoms with van der Waals surface area (Å²) in [6, 6.07) is 3.54. The van der Waals surface area contributed by atoms with Crippen molar-refractivity contribution in [1.29, 1.82) is 0 Å². The second-order valence-corrected chi connectivity index (χ2v) is 7.49. The van der Waals surface area contributed by atoms with E-state index in [0.717, 1.165) is 30.3 Å². The molecule has 0 amide bonds. The average molecular weight is 402 g/mol. The van der Waals surface area contributed by atoms with E-state index in [4.69, 9.17) is 0 Å². The van der Waals surface area contributed by atoms with E-state index < -0.39 is 45.2 Å². The molecular weight excluding hydrogens is 388 g/mol. The van der Waals surface area contributed by atoms with Crippen LogP contribution >= 0.6 is 0 Å². The molecular formula is C16H14F4N4O2S. The molecule has 0 saturated carbocycles. The lowest BCUT2D eigenvalue weighted by Gasteiger charge is -2.31. The normalized spacial score (nSPS) is 14.0. The summed E-state index contributed by atoms with van der Waals surface area (Å²) in [7, 11) is -4.59. The van der Waals surface area contributed by atoms with Crippen LogP contribution < -0.4 is 0 Å². The van der Waals surface area contributed by atoms with Crippen LogP contribution in [0.2, 0.25) is 0 Å². The van der Waals surface area contributed by atoms with Crippen molar-refractivity contribution in [2.75, 3.05) is 6.54 Å². The molecule has 27 heavy (non-hydrogen) atoms. The third-order valence-electron chi connectivity index (χ3n) is 3.94. The summed E-state index contributed by atoms with van der Waals surface area (Å²) in [5.41, 5.74) is 0.263. The molecule has 3 rings (SSSR count). The number of pyridine rings is 1. The van der Waals surface area contributed by atoms with Crippen LogP contribution in [0.1, 0.15) is 18.5 Å². The number of alkyl halides is 3. The third kappa shape index (κ3) is 3.65. The van der Waals surface area contributed by atoms with Gasteiger partial charge in [-0.15, -0.1) is 0 Å². The predicted octanol–water partition coefficient (Wildman–Crippen LogP) is 3.41. The molecule has 11 heteroatoms.